The lowest BCUT2D eigenvalue weighted by Crippen LogP contribution is -2.42. The Morgan fingerprint density at radius 2 is 1.46 bits per heavy atom. The SMILES string of the molecule is C=C(COC(C)=O)C[C@H](O[C@@H](C)c1ccccc1)/C(C)=C(/OC(=O)c1ccccc1)[C@@H](C)S(=O)(=O)[Si](C)(C)C. The third-order valence-corrected chi connectivity index (χ3v) is 15.4. The summed E-state index contributed by atoms with van der Waals surface area (Å²) in [6.45, 7) is 15.7. The van der Waals surface area contributed by atoms with Crippen LogP contribution in [0.3, 0.4) is 0 Å². The summed E-state index contributed by atoms with van der Waals surface area (Å²) in [5.41, 5.74) is 2.26. The van der Waals surface area contributed by atoms with Gasteiger partial charge in [-0.15, -0.1) is 0 Å². The highest BCUT2D eigenvalue weighted by Crippen LogP contribution is 2.32. The van der Waals surface area contributed by atoms with Gasteiger partial charge in [-0.1, -0.05) is 74.8 Å². The maximum absolute atomic E-state index is 13.6. The molecule has 0 aliphatic carbocycles. The highest BCUT2D eigenvalue weighted by molar-refractivity contribution is 8.22. The summed E-state index contributed by atoms with van der Waals surface area (Å²) in [4.78, 5) is 24.5. The van der Waals surface area contributed by atoms with Crippen molar-refractivity contribution in [2.75, 3.05) is 6.61 Å². The fourth-order valence-electron chi connectivity index (χ4n) is 3.92. The van der Waals surface area contributed by atoms with Gasteiger partial charge in [0.25, 0.3) is 0 Å². The van der Waals surface area contributed by atoms with E-state index in [1.165, 1.54) is 6.92 Å². The molecule has 39 heavy (non-hydrogen) atoms. The maximum atomic E-state index is 13.6. The van der Waals surface area contributed by atoms with Gasteiger partial charge in [0.05, 0.1) is 17.8 Å². The highest BCUT2D eigenvalue weighted by Gasteiger charge is 2.41. The van der Waals surface area contributed by atoms with Gasteiger partial charge in [0.15, 0.2) is 7.22 Å². The molecule has 0 aliphatic rings. The van der Waals surface area contributed by atoms with Gasteiger partial charge in [-0.25, -0.2) is 13.2 Å². The molecular formula is C30H40O7SSi. The van der Waals surface area contributed by atoms with Gasteiger partial charge >= 0.3 is 11.9 Å². The smallest absolute Gasteiger partial charge is 0.343 e. The van der Waals surface area contributed by atoms with Gasteiger partial charge in [0.2, 0.25) is 0 Å². The predicted molar refractivity (Wildman–Crippen MR) is 156 cm³/mol. The number of benzene rings is 2. The molecule has 0 aromatic heterocycles. The van der Waals surface area contributed by atoms with Crippen LogP contribution in [0.2, 0.25) is 19.6 Å². The zero-order chi connectivity index (χ0) is 29.4. The summed E-state index contributed by atoms with van der Waals surface area (Å²) in [7, 11) is -6.39. The van der Waals surface area contributed by atoms with Crippen LogP contribution >= 0.6 is 0 Å². The lowest BCUT2D eigenvalue weighted by molar-refractivity contribution is -0.140. The number of carbonyl (C=O) groups excluding carboxylic acids is 2. The molecule has 2 aromatic rings. The molecular weight excluding hydrogens is 532 g/mol. The Balaban J connectivity index is 2.60. The normalized spacial score (nSPS) is 14.9. The van der Waals surface area contributed by atoms with Crippen LogP contribution in [0, 0.1) is 0 Å². The lowest BCUT2D eigenvalue weighted by atomic mass is 10.0. The number of hydrogen-bond donors (Lipinski definition) is 0. The minimum atomic E-state index is -3.66. The second kappa shape index (κ2) is 13.9. The molecule has 0 unspecified atom stereocenters. The zero-order valence-electron chi connectivity index (χ0n) is 23.9. The van der Waals surface area contributed by atoms with E-state index in [1.807, 2.05) is 37.3 Å². The van der Waals surface area contributed by atoms with E-state index in [9.17, 15) is 18.0 Å². The van der Waals surface area contributed by atoms with Crippen molar-refractivity contribution < 1.29 is 32.2 Å². The molecule has 0 N–H and O–H groups in total. The van der Waals surface area contributed by atoms with E-state index in [4.69, 9.17) is 14.2 Å². The number of ether oxygens (including phenoxy) is 3. The Labute approximate surface area is 233 Å². The van der Waals surface area contributed by atoms with E-state index >= 15 is 0 Å². The maximum Gasteiger partial charge on any atom is 0.343 e. The van der Waals surface area contributed by atoms with Gasteiger partial charge in [-0.2, -0.15) is 0 Å². The van der Waals surface area contributed by atoms with Crippen molar-refractivity contribution in [2.45, 2.75) is 71.2 Å². The predicted octanol–water partition coefficient (Wildman–Crippen LogP) is 6.41. The number of esters is 2. The second-order valence-electron chi connectivity index (χ2n) is 10.5. The molecule has 0 aliphatic heterocycles. The quantitative estimate of drug-likeness (QED) is 0.118. The van der Waals surface area contributed by atoms with Crippen LogP contribution in [0.25, 0.3) is 0 Å². The summed E-state index contributed by atoms with van der Waals surface area (Å²) < 4.78 is 44.7. The molecule has 0 saturated carbocycles. The van der Waals surface area contributed by atoms with Crippen molar-refractivity contribution in [3.8, 4) is 0 Å². The molecule has 0 saturated heterocycles. The van der Waals surface area contributed by atoms with E-state index < -0.39 is 39.8 Å². The molecule has 0 amide bonds. The molecule has 2 rings (SSSR count). The number of rotatable bonds is 13. The van der Waals surface area contributed by atoms with E-state index in [2.05, 4.69) is 6.58 Å². The van der Waals surface area contributed by atoms with E-state index in [1.54, 1.807) is 63.8 Å². The molecule has 7 nitrogen and oxygen atoms in total. The van der Waals surface area contributed by atoms with E-state index in [-0.39, 0.29) is 24.9 Å². The Kier molecular flexibility index (Phi) is 11.4. The van der Waals surface area contributed by atoms with Crippen LogP contribution in [0.5, 0.6) is 0 Å². The summed E-state index contributed by atoms with van der Waals surface area (Å²) in [5.74, 6) is -1.06. The fourth-order valence-corrected chi connectivity index (χ4v) is 9.00. The lowest BCUT2D eigenvalue weighted by Gasteiger charge is -2.30. The Bertz CT molecular complexity index is 1280. The molecule has 0 bridgehead atoms. The molecule has 0 heterocycles. The topological polar surface area (TPSA) is 96.0 Å². The molecule has 0 spiro atoms. The average molecular weight is 573 g/mol. The monoisotopic (exact) mass is 572 g/mol. The van der Waals surface area contributed by atoms with Gasteiger partial charge in [0, 0.05) is 13.3 Å². The van der Waals surface area contributed by atoms with E-state index in [0.717, 1.165) is 5.56 Å². The average Bonchev–Trinajstić information content (AvgIpc) is 2.89. The Morgan fingerprint density at radius 1 is 0.923 bits per heavy atom. The number of hydrogen-bond acceptors (Lipinski definition) is 7. The van der Waals surface area contributed by atoms with Crippen LogP contribution in [0.4, 0.5) is 0 Å². The molecule has 212 valence electrons. The van der Waals surface area contributed by atoms with Crippen molar-refractivity contribution in [1.29, 1.82) is 0 Å². The molecule has 9 heteroatoms. The Hall–Kier alpha value is -3.01. The van der Waals surface area contributed by atoms with Crippen LogP contribution in [0.15, 0.2) is 84.1 Å². The Morgan fingerprint density at radius 3 is 1.97 bits per heavy atom. The first kappa shape index (κ1) is 32.2. The minimum Gasteiger partial charge on any atom is -0.461 e. The molecule has 2 aromatic carbocycles. The van der Waals surface area contributed by atoms with Crippen molar-refractivity contribution in [3.63, 3.8) is 0 Å². The summed E-state index contributed by atoms with van der Waals surface area (Å²) in [6.07, 6.45) is -0.855. The van der Waals surface area contributed by atoms with Crippen molar-refractivity contribution in [3.05, 3.63) is 95.3 Å². The van der Waals surface area contributed by atoms with E-state index in [0.29, 0.717) is 16.7 Å². The van der Waals surface area contributed by atoms with Gasteiger partial charge < -0.3 is 14.2 Å². The summed E-state index contributed by atoms with van der Waals surface area (Å²) >= 11 is 0. The largest absolute Gasteiger partial charge is 0.461 e. The first-order valence-electron chi connectivity index (χ1n) is 12.9. The van der Waals surface area contributed by atoms with Gasteiger partial charge in [-0.3, -0.25) is 4.79 Å². The molecule has 3 atom stereocenters. The second-order valence-corrected chi connectivity index (χ2v) is 21.9. The summed E-state index contributed by atoms with van der Waals surface area (Å²) in [6, 6.07) is 18.0. The third-order valence-electron chi connectivity index (χ3n) is 6.36. The van der Waals surface area contributed by atoms with Crippen LogP contribution in [0.1, 0.15) is 56.1 Å². The third kappa shape index (κ3) is 9.01. The number of carbonyl (C=O) groups is 2. The fraction of sp³-hybridized carbons (Fsp3) is 0.400. The zero-order valence-corrected chi connectivity index (χ0v) is 25.7. The molecule has 0 fully saturated rings. The van der Waals surface area contributed by atoms with Crippen LogP contribution in [-0.2, 0) is 28.3 Å². The van der Waals surface area contributed by atoms with Crippen LogP contribution in [-0.4, -0.2) is 45.5 Å². The first-order valence-corrected chi connectivity index (χ1v) is 18.6. The molecule has 0 radical (unpaired) electrons. The minimum absolute atomic E-state index is 0.00984. The van der Waals surface area contributed by atoms with Gasteiger partial charge in [0.1, 0.15) is 26.9 Å². The van der Waals surface area contributed by atoms with Crippen molar-refractivity contribution in [1.82, 2.24) is 0 Å². The van der Waals surface area contributed by atoms with Gasteiger partial charge in [-0.05, 0) is 49.6 Å². The van der Waals surface area contributed by atoms with Crippen LogP contribution < -0.4 is 0 Å². The summed E-state index contributed by atoms with van der Waals surface area (Å²) in [5, 5.41) is -1.09. The standard InChI is InChI=1S/C30H40O7SSi/c1-21(20-35-25(5)31)19-28(36-23(3)26-15-11-9-12-16-26)22(2)29(24(4)38(33,34)39(6,7)8)37-30(32)27-17-13-10-14-18-27/h9-18,23-24,28H,1,19-20H2,2-8H3/b29-22+/t23-,24+,28-/m0/s1. The first-order chi connectivity index (χ1) is 18.1. The van der Waals surface area contributed by atoms with Crippen molar-refractivity contribution >= 4 is 28.4 Å². The van der Waals surface area contributed by atoms with Crippen molar-refractivity contribution in [2.24, 2.45) is 0 Å². The highest BCUT2D eigenvalue weighted by atomic mass is 32.4.